The van der Waals surface area contributed by atoms with Gasteiger partial charge in [-0.1, -0.05) is 5.16 Å². The Balaban J connectivity index is 1.58. The van der Waals surface area contributed by atoms with Crippen LogP contribution < -0.4 is 10.2 Å². The monoisotopic (exact) mass is 301 g/mol. The van der Waals surface area contributed by atoms with Gasteiger partial charge in [0.05, 0.1) is 11.6 Å². The van der Waals surface area contributed by atoms with Crippen molar-refractivity contribution in [1.82, 2.24) is 20.4 Å². The Hall–Kier alpha value is -2.18. The van der Waals surface area contributed by atoms with Crippen LogP contribution in [0.3, 0.4) is 0 Å². The fourth-order valence-corrected chi connectivity index (χ4v) is 3.07. The first-order valence-electron chi connectivity index (χ1n) is 7.84. The number of rotatable bonds is 3. The molecule has 1 saturated heterocycles. The molecule has 2 aromatic rings. The fraction of sp³-hybridized carbons (Fsp3) is 0.600. The van der Waals surface area contributed by atoms with Crippen LogP contribution in [-0.4, -0.2) is 40.2 Å². The van der Waals surface area contributed by atoms with Crippen LogP contribution in [0.2, 0.25) is 0 Å². The lowest BCUT2D eigenvalue weighted by Gasteiger charge is -2.33. The van der Waals surface area contributed by atoms with Crippen LogP contribution in [0.15, 0.2) is 10.9 Å². The van der Waals surface area contributed by atoms with Crippen molar-refractivity contribution >= 4 is 22.8 Å². The van der Waals surface area contributed by atoms with Crippen molar-refractivity contribution in [3.63, 3.8) is 0 Å². The molecule has 1 unspecified atom stereocenters. The molecule has 7 heteroatoms. The maximum absolute atomic E-state index is 12.3. The molecule has 4 rings (SSSR count). The summed E-state index contributed by atoms with van der Waals surface area (Å²) in [6.45, 7) is 3.47. The number of hydrogen-bond acceptors (Lipinski definition) is 6. The van der Waals surface area contributed by atoms with Gasteiger partial charge in [0.25, 0.3) is 5.71 Å². The summed E-state index contributed by atoms with van der Waals surface area (Å²) in [6.07, 6.45) is 5.66. The number of fused-ring (bicyclic) bond motifs is 1. The van der Waals surface area contributed by atoms with Gasteiger partial charge < -0.3 is 14.7 Å². The average Bonchev–Trinajstić information content (AvgIpc) is 3.28. The molecule has 1 N–H and O–H groups in total. The minimum atomic E-state index is 0.0273. The molecule has 1 aliphatic carbocycles. The van der Waals surface area contributed by atoms with Crippen LogP contribution in [0.25, 0.3) is 11.1 Å². The number of carbonyl (C=O) groups excluding carboxylic acids is 1. The van der Waals surface area contributed by atoms with Crippen molar-refractivity contribution < 1.29 is 9.32 Å². The Kier molecular flexibility index (Phi) is 3.20. The van der Waals surface area contributed by atoms with E-state index in [9.17, 15) is 4.79 Å². The molecule has 2 aliphatic rings. The first-order valence-corrected chi connectivity index (χ1v) is 7.84. The van der Waals surface area contributed by atoms with E-state index in [0.29, 0.717) is 18.3 Å². The molecular formula is C15H19N5O2. The third-order valence-electron chi connectivity index (χ3n) is 4.44. The number of aromatic nitrogens is 3. The van der Waals surface area contributed by atoms with Gasteiger partial charge in [0.1, 0.15) is 17.5 Å². The molecule has 116 valence electrons. The van der Waals surface area contributed by atoms with Gasteiger partial charge in [0.2, 0.25) is 5.91 Å². The van der Waals surface area contributed by atoms with Crippen LogP contribution in [0.4, 0.5) is 5.82 Å². The van der Waals surface area contributed by atoms with Crippen molar-refractivity contribution in [2.75, 3.05) is 18.0 Å². The highest BCUT2D eigenvalue weighted by Gasteiger charge is 2.31. The highest BCUT2D eigenvalue weighted by Crippen LogP contribution is 2.30. The smallest absolute Gasteiger partial charge is 0.263 e. The topological polar surface area (TPSA) is 84.2 Å². The summed E-state index contributed by atoms with van der Waals surface area (Å²) in [5, 5.41) is 7.93. The Morgan fingerprint density at radius 2 is 2.23 bits per heavy atom. The zero-order valence-electron chi connectivity index (χ0n) is 12.6. The standard InChI is InChI=1S/C15H19N5O2/c1-9-12-13(16-8-17-15(12)22-19-9)20-6-2-3-10(7-20)14(21)18-11-4-5-11/h8,10-11H,2-7H2,1H3,(H,18,21). The molecule has 1 atom stereocenters. The molecule has 7 nitrogen and oxygen atoms in total. The van der Waals surface area contributed by atoms with Gasteiger partial charge in [-0.15, -0.1) is 0 Å². The van der Waals surface area contributed by atoms with Crippen molar-refractivity contribution in [3.05, 3.63) is 12.0 Å². The van der Waals surface area contributed by atoms with E-state index < -0.39 is 0 Å². The number of carbonyl (C=O) groups is 1. The SMILES string of the molecule is Cc1noc2ncnc(N3CCCC(C(=O)NC4CC4)C3)c12. The quantitative estimate of drug-likeness (QED) is 0.923. The number of aryl methyl sites for hydroxylation is 1. The lowest BCUT2D eigenvalue weighted by atomic mass is 9.97. The van der Waals surface area contributed by atoms with Gasteiger partial charge in [0, 0.05) is 19.1 Å². The molecule has 1 aliphatic heterocycles. The van der Waals surface area contributed by atoms with E-state index in [2.05, 4.69) is 25.3 Å². The van der Waals surface area contributed by atoms with Crippen LogP contribution in [0.5, 0.6) is 0 Å². The Labute approximate surface area is 128 Å². The largest absolute Gasteiger partial charge is 0.355 e. The number of amides is 1. The van der Waals surface area contributed by atoms with Gasteiger partial charge in [-0.2, -0.15) is 4.98 Å². The first-order chi connectivity index (χ1) is 10.7. The third kappa shape index (κ3) is 2.40. The summed E-state index contributed by atoms with van der Waals surface area (Å²) < 4.78 is 5.21. The number of anilines is 1. The van der Waals surface area contributed by atoms with Gasteiger partial charge in [0.15, 0.2) is 0 Å². The van der Waals surface area contributed by atoms with Crippen molar-refractivity contribution in [1.29, 1.82) is 0 Å². The molecule has 3 heterocycles. The summed E-state index contributed by atoms with van der Waals surface area (Å²) in [6, 6.07) is 0.411. The van der Waals surface area contributed by atoms with Crippen molar-refractivity contribution in [3.8, 4) is 0 Å². The Bertz CT molecular complexity index is 709. The average molecular weight is 301 g/mol. The van der Waals surface area contributed by atoms with Gasteiger partial charge in [-0.3, -0.25) is 4.79 Å². The summed E-state index contributed by atoms with van der Waals surface area (Å²) in [5.41, 5.74) is 1.29. The second-order valence-electron chi connectivity index (χ2n) is 6.21. The molecule has 0 radical (unpaired) electrons. The predicted molar refractivity (Wildman–Crippen MR) is 80.4 cm³/mol. The number of nitrogens with zero attached hydrogens (tertiary/aromatic N) is 4. The molecule has 0 aromatic carbocycles. The van der Waals surface area contributed by atoms with E-state index in [0.717, 1.165) is 49.1 Å². The maximum atomic E-state index is 12.3. The maximum Gasteiger partial charge on any atom is 0.263 e. The zero-order valence-corrected chi connectivity index (χ0v) is 12.6. The van der Waals surface area contributed by atoms with Crippen LogP contribution in [0.1, 0.15) is 31.4 Å². The van der Waals surface area contributed by atoms with Crippen LogP contribution in [0, 0.1) is 12.8 Å². The van der Waals surface area contributed by atoms with Gasteiger partial charge in [-0.05, 0) is 32.6 Å². The molecule has 0 bridgehead atoms. The zero-order chi connectivity index (χ0) is 15.1. The summed E-state index contributed by atoms with van der Waals surface area (Å²) in [4.78, 5) is 23.0. The van der Waals surface area contributed by atoms with E-state index in [1.807, 2.05) is 6.92 Å². The van der Waals surface area contributed by atoms with Crippen molar-refractivity contribution in [2.45, 2.75) is 38.6 Å². The number of piperidine rings is 1. The summed E-state index contributed by atoms with van der Waals surface area (Å²) >= 11 is 0. The Morgan fingerprint density at radius 1 is 1.36 bits per heavy atom. The highest BCUT2D eigenvalue weighted by atomic mass is 16.5. The molecule has 1 saturated carbocycles. The van der Waals surface area contributed by atoms with Gasteiger partial charge in [-0.25, -0.2) is 4.98 Å². The number of nitrogens with one attached hydrogen (secondary N) is 1. The summed E-state index contributed by atoms with van der Waals surface area (Å²) in [7, 11) is 0. The molecule has 2 fully saturated rings. The first kappa shape index (κ1) is 13.5. The van der Waals surface area contributed by atoms with E-state index in [1.54, 1.807) is 0 Å². The van der Waals surface area contributed by atoms with Crippen LogP contribution in [-0.2, 0) is 4.79 Å². The highest BCUT2D eigenvalue weighted by molar-refractivity contribution is 5.88. The molecular weight excluding hydrogens is 282 g/mol. The summed E-state index contributed by atoms with van der Waals surface area (Å²) in [5.74, 6) is 1.03. The molecule has 2 aromatic heterocycles. The lowest BCUT2D eigenvalue weighted by Crippen LogP contribution is -2.44. The fourth-order valence-electron chi connectivity index (χ4n) is 3.07. The Morgan fingerprint density at radius 3 is 3.05 bits per heavy atom. The predicted octanol–water partition coefficient (Wildman–Crippen LogP) is 1.42. The second kappa shape index (κ2) is 5.23. The minimum absolute atomic E-state index is 0.0273. The minimum Gasteiger partial charge on any atom is -0.355 e. The second-order valence-corrected chi connectivity index (χ2v) is 6.21. The van der Waals surface area contributed by atoms with Crippen LogP contribution >= 0.6 is 0 Å². The van der Waals surface area contributed by atoms with E-state index in [4.69, 9.17) is 4.52 Å². The van der Waals surface area contributed by atoms with E-state index in [-0.39, 0.29) is 11.8 Å². The van der Waals surface area contributed by atoms with Gasteiger partial charge >= 0.3 is 0 Å². The molecule has 22 heavy (non-hydrogen) atoms. The van der Waals surface area contributed by atoms with Crippen molar-refractivity contribution in [2.24, 2.45) is 5.92 Å². The normalized spacial score (nSPS) is 22.0. The van der Waals surface area contributed by atoms with E-state index in [1.165, 1.54) is 6.33 Å². The van der Waals surface area contributed by atoms with E-state index >= 15 is 0 Å². The lowest BCUT2D eigenvalue weighted by molar-refractivity contribution is -0.125. The molecule has 0 spiro atoms. The molecule has 1 amide bonds. The third-order valence-corrected chi connectivity index (χ3v) is 4.44. The number of hydrogen-bond donors (Lipinski definition) is 1.